The molecule has 0 fully saturated rings. The van der Waals surface area contributed by atoms with Crippen molar-refractivity contribution in [2.45, 2.75) is 31.9 Å². The summed E-state index contributed by atoms with van der Waals surface area (Å²) in [4.78, 5) is 58.1. The predicted octanol–water partition coefficient (Wildman–Crippen LogP) is 0.172. The van der Waals surface area contributed by atoms with Crippen LogP contribution >= 0.6 is 11.8 Å². The Morgan fingerprint density at radius 3 is 2.00 bits per heavy atom. The lowest BCUT2D eigenvalue weighted by Gasteiger charge is -2.24. The van der Waals surface area contributed by atoms with E-state index in [9.17, 15) is 32.4 Å². The van der Waals surface area contributed by atoms with Crippen molar-refractivity contribution in [3.05, 3.63) is 25.3 Å². The maximum Gasteiger partial charge on any atom is 0.407 e. The van der Waals surface area contributed by atoms with Crippen molar-refractivity contribution in [1.29, 1.82) is 0 Å². The van der Waals surface area contributed by atoms with Gasteiger partial charge < -0.3 is 34.9 Å². The second-order valence-electron chi connectivity index (χ2n) is 8.21. The summed E-state index contributed by atoms with van der Waals surface area (Å²) in [5.41, 5.74) is -1.19. The van der Waals surface area contributed by atoms with Crippen LogP contribution in [0.5, 0.6) is 0 Å². The van der Waals surface area contributed by atoms with Crippen LogP contribution in [0.1, 0.15) is 20.3 Å². The van der Waals surface area contributed by atoms with Crippen molar-refractivity contribution in [1.82, 2.24) is 16.0 Å². The Morgan fingerprint density at radius 1 is 0.949 bits per heavy atom. The summed E-state index contributed by atoms with van der Waals surface area (Å²) < 4.78 is 50.8. The molecule has 0 saturated carbocycles. The van der Waals surface area contributed by atoms with Gasteiger partial charge in [0, 0.05) is 30.1 Å². The fourth-order valence-corrected chi connectivity index (χ4v) is 4.48. The van der Waals surface area contributed by atoms with Gasteiger partial charge in [0.15, 0.2) is 0 Å². The van der Waals surface area contributed by atoms with Crippen LogP contribution in [0.15, 0.2) is 25.3 Å². The lowest BCUT2D eigenvalue weighted by molar-refractivity contribution is -0.138. The SMILES string of the molecule is C=CC(=O)OCCNC(=O)OCC(CSCCC(=O)NC(C)(C)CS(=O)(=O)O)OC(=O)NCCOC(=O)C=C. The molecule has 222 valence electrons. The van der Waals surface area contributed by atoms with Crippen LogP contribution in [0.4, 0.5) is 9.59 Å². The van der Waals surface area contributed by atoms with Crippen molar-refractivity contribution in [3.8, 4) is 0 Å². The van der Waals surface area contributed by atoms with Gasteiger partial charge in [-0.3, -0.25) is 9.35 Å². The molecule has 0 saturated heterocycles. The van der Waals surface area contributed by atoms with Crippen LogP contribution in [-0.2, 0) is 43.4 Å². The summed E-state index contributed by atoms with van der Waals surface area (Å²) in [5, 5.41) is 7.21. The first kappa shape index (κ1) is 35.7. The first-order chi connectivity index (χ1) is 18.2. The molecule has 1 unspecified atom stereocenters. The van der Waals surface area contributed by atoms with E-state index in [4.69, 9.17) is 23.5 Å². The van der Waals surface area contributed by atoms with E-state index in [1.165, 1.54) is 25.6 Å². The van der Waals surface area contributed by atoms with Gasteiger partial charge in [-0.2, -0.15) is 20.2 Å². The van der Waals surface area contributed by atoms with Crippen LogP contribution in [0.25, 0.3) is 0 Å². The highest BCUT2D eigenvalue weighted by atomic mass is 32.2. The third-order valence-electron chi connectivity index (χ3n) is 4.04. The van der Waals surface area contributed by atoms with E-state index < -0.39 is 57.5 Å². The summed E-state index contributed by atoms with van der Waals surface area (Å²) in [6.07, 6.45) is -0.753. The number of carbonyl (C=O) groups excluding carboxylic acids is 5. The molecule has 4 N–H and O–H groups in total. The van der Waals surface area contributed by atoms with Crippen molar-refractivity contribution in [3.63, 3.8) is 0 Å². The van der Waals surface area contributed by atoms with Gasteiger partial charge in [-0.05, 0) is 13.8 Å². The summed E-state index contributed by atoms with van der Waals surface area (Å²) in [6, 6.07) is 0. The van der Waals surface area contributed by atoms with Crippen molar-refractivity contribution >= 4 is 51.9 Å². The molecule has 0 aromatic rings. The summed E-state index contributed by atoms with van der Waals surface area (Å²) >= 11 is 1.19. The topological polar surface area (TPSA) is 213 Å². The highest BCUT2D eigenvalue weighted by Gasteiger charge is 2.26. The molecule has 0 spiro atoms. The number of hydrogen-bond donors (Lipinski definition) is 4. The third kappa shape index (κ3) is 21.3. The standard InChI is InChI=1S/C22H35N3O12S2/c1-5-18(27)34-10-8-23-20(29)36-13-16(37-21(30)24-9-11-35-19(28)6-2)14-38-12-7-17(26)25-22(3,4)15-39(31,32)33/h5-6,16H,1-2,7-15H2,3-4H3,(H,23,29)(H,24,30)(H,25,26)(H,31,32,33). The number of esters is 2. The zero-order valence-electron chi connectivity index (χ0n) is 21.8. The van der Waals surface area contributed by atoms with Gasteiger partial charge in [0.1, 0.15) is 25.9 Å². The average Bonchev–Trinajstić information content (AvgIpc) is 2.83. The van der Waals surface area contributed by atoms with Crippen LogP contribution in [0, 0.1) is 0 Å². The quantitative estimate of drug-likeness (QED) is 0.0515. The Kier molecular flexibility index (Phi) is 17.3. The fourth-order valence-electron chi connectivity index (χ4n) is 2.57. The monoisotopic (exact) mass is 597 g/mol. The summed E-state index contributed by atoms with van der Waals surface area (Å²) in [6.45, 7) is 8.68. The number of nitrogens with one attached hydrogen (secondary N) is 3. The van der Waals surface area contributed by atoms with E-state index in [1.807, 2.05) is 0 Å². The summed E-state index contributed by atoms with van der Waals surface area (Å²) in [7, 11) is -4.29. The van der Waals surface area contributed by atoms with Gasteiger partial charge in [-0.25, -0.2) is 19.2 Å². The van der Waals surface area contributed by atoms with Gasteiger partial charge in [-0.15, -0.1) is 0 Å². The predicted molar refractivity (Wildman–Crippen MR) is 141 cm³/mol. The van der Waals surface area contributed by atoms with Gasteiger partial charge in [0.25, 0.3) is 10.1 Å². The normalized spacial score (nSPS) is 11.8. The van der Waals surface area contributed by atoms with E-state index in [2.05, 4.69) is 29.1 Å². The molecule has 1 atom stereocenters. The molecule has 0 aliphatic carbocycles. The third-order valence-corrected chi connectivity index (χ3v) is 6.22. The van der Waals surface area contributed by atoms with E-state index in [1.54, 1.807) is 0 Å². The summed E-state index contributed by atoms with van der Waals surface area (Å²) in [5.74, 6) is -2.08. The highest BCUT2D eigenvalue weighted by molar-refractivity contribution is 7.99. The van der Waals surface area contributed by atoms with E-state index in [0.717, 1.165) is 12.2 Å². The van der Waals surface area contributed by atoms with E-state index in [0.29, 0.717) is 0 Å². The fraction of sp³-hybridized carbons (Fsp3) is 0.591. The van der Waals surface area contributed by atoms with Gasteiger partial charge in [-0.1, -0.05) is 13.2 Å². The lowest BCUT2D eigenvalue weighted by Crippen LogP contribution is -2.48. The van der Waals surface area contributed by atoms with Gasteiger partial charge in [0.05, 0.1) is 24.4 Å². The smallest absolute Gasteiger partial charge is 0.407 e. The van der Waals surface area contributed by atoms with Crippen LogP contribution in [0.3, 0.4) is 0 Å². The second-order valence-corrected chi connectivity index (χ2v) is 10.8. The Hall–Kier alpha value is -3.31. The molecule has 0 heterocycles. The van der Waals surface area contributed by atoms with Crippen LogP contribution in [0.2, 0.25) is 0 Å². The molecule has 0 aliphatic rings. The Balaban J connectivity index is 4.71. The number of carbonyl (C=O) groups is 5. The minimum absolute atomic E-state index is 0.0159. The van der Waals surface area contributed by atoms with Gasteiger partial charge >= 0.3 is 24.1 Å². The minimum Gasteiger partial charge on any atom is -0.461 e. The Labute approximate surface area is 231 Å². The first-order valence-electron chi connectivity index (χ1n) is 11.4. The van der Waals surface area contributed by atoms with Crippen molar-refractivity contribution in [2.75, 3.05) is 50.2 Å². The maximum atomic E-state index is 12.1. The number of thioether (sulfide) groups is 1. The molecule has 17 heteroatoms. The molecule has 39 heavy (non-hydrogen) atoms. The van der Waals surface area contributed by atoms with Crippen molar-refractivity contribution < 1.29 is 55.9 Å². The minimum atomic E-state index is -4.29. The molecule has 0 aromatic carbocycles. The molecular formula is C22H35N3O12S2. The molecule has 0 aliphatic heterocycles. The molecule has 0 rings (SSSR count). The Morgan fingerprint density at radius 2 is 1.49 bits per heavy atom. The maximum absolute atomic E-state index is 12.1. The highest BCUT2D eigenvalue weighted by Crippen LogP contribution is 2.11. The number of alkyl carbamates (subject to hydrolysis) is 2. The van der Waals surface area contributed by atoms with E-state index >= 15 is 0 Å². The molecule has 0 radical (unpaired) electrons. The molecule has 3 amide bonds. The number of ether oxygens (including phenoxy) is 4. The van der Waals surface area contributed by atoms with E-state index in [-0.39, 0.29) is 50.8 Å². The number of hydrogen-bond acceptors (Lipinski definition) is 12. The first-order valence-corrected chi connectivity index (χ1v) is 14.2. The number of rotatable bonds is 19. The largest absolute Gasteiger partial charge is 0.461 e. The van der Waals surface area contributed by atoms with Crippen LogP contribution < -0.4 is 16.0 Å². The Bertz CT molecular complexity index is 969. The zero-order chi connectivity index (χ0) is 29.9. The second kappa shape index (κ2) is 18.9. The molecule has 15 nitrogen and oxygen atoms in total. The average molecular weight is 598 g/mol. The zero-order valence-corrected chi connectivity index (χ0v) is 23.4. The molecular weight excluding hydrogens is 562 g/mol. The van der Waals surface area contributed by atoms with Crippen LogP contribution in [-0.4, -0.2) is 105 Å². The molecule has 0 bridgehead atoms. The van der Waals surface area contributed by atoms with Gasteiger partial charge in [0.2, 0.25) is 5.91 Å². The lowest BCUT2D eigenvalue weighted by atomic mass is 10.1. The van der Waals surface area contributed by atoms with Crippen molar-refractivity contribution in [2.24, 2.45) is 0 Å². The number of amides is 3. The molecule has 0 aromatic heterocycles.